The maximum Gasteiger partial charge on any atom is 0.227 e. The van der Waals surface area contributed by atoms with Gasteiger partial charge in [-0.2, -0.15) is 0 Å². The number of rotatable bonds is 3. The van der Waals surface area contributed by atoms with Gasteiger partial charge in [-0.1, -0.05) is 0 Å². The van der Waals surface area contributed by atoms with Crippen molar-refractivity contribution in [2.75, 3.05) is 12.0 Å². The van der Waals surface area contributed by atoms with E-state index in [4.69, 9.17) is 4.98 Å². The molecule has 0 aromatic carbocycles. The highest BCUT2D eigenvalue weighted by Crippen LogP contribution is 2.35. The van der Waals surface area contributed by atoms with E-state index in [1.165, 1.54) is 17.5 Å². The van der Waals surface area contributed by atoms with Crippen LogP contribution in [-0.2, 0) is 30.5 Å². The van der Waals surface area contributed by atoms with E-state index >= 15 is 0 Å². The maximum atomic E-state index is 12.3. The Labute approximate surface area is 112 Å². The van der Waals surface area contributed by atoms with Gasteiger partial charge in [-0.15, -0.1) is 0 Å². The molecule has 0 bridgehead atoms. The number of halogens is 1. The van der Waals surface area contributed by atoms with Gasteiger partial charge in [0.15, 0.2) is 0 Å². The molecule has 0 spiro atoms. The molecule has 3 nitrogen and oxygen atoms in total. The molecule has 102 valence electrons. The van der Waals surface area contributed by atoms with E-state index in [0.29, 0.717) is 0 Å². The molecular weight excluding hydrogens is 243 g/mol. The lowest BCUT2D eigenvalue weighted by Crippen LogP contribution is -2.18. The van der Waals surface area contributed by atoms with Crippen LogP contribution in [0.3, 0.4) is 0 Å². The number of anilines is 1. The molecule has 1 N–H and O–H groups in total. The van der Waals surface area contributed by atoms with Crippen LogP contribution in [0.2, 0.25) is 0 Å². The molecule has 0 saturated carbocycles. The zero-order valence-electron chi connectivity index (χ0n) is 11.1. The smallest absolute Gasteiger partial charge is 0.227 e. The third-order valence-electron chi connectivity index (χ3n) is 4.09. The highest BCUT2D eigenvalue weighted by molar-refractivity contribution is 5.93. The second kappa shape index (κ2) is 5.27. The fourth-order valence-corrected chi connectivity index (χ4v) is 3.19. The van der Waals surface area contributed by atoms with Gasteiger partial charge >= 0.3 is 0 Å². The maximum absolute atomic E-state index is 12.3. The normalized spacial score (nSPS) is 16.9. The first-order valence-electron chi connectivity index (χ1n) is 7.19. The number of aryl methyl sites for hydroxylation is 2. The van der Waals surface area contributed by atoms with E-state index in [1.54, 1.807) is 0 Å². The third kappa shape index (κ3) is 2.36. The molecule has 1 amide bonds. The van der Waals surface area contributed by atoms with Crippen molar-refractivity contribution in [2.45, 2.75) is 51.4 Å². The highest BCUT2D eigenvalue weighted by Gasteiger charge is 2.25. The second-order valence-electron chi connectivity index (χ2n) is 5.39. The van der Waals surface area contributed by atoms with Crippen LogP contribution in [0, 0.1) is 0 Å². The lowest BCUT2D eigenvalue weighted by molar-refractivity contribution is -0.116. The zero-order chi connectivity index (χ0) is 13.2. The first-order valence-corrected chi connectivity index (χ1v) is 7.19. The Morgan fingerprint density at radius 1 is 1.05 bits per heavy atom. The predicted molar refractivity (Wildman–Crippen MR) is 72.1 cm³/mol. The van der Waals surface area contributed by atoms with E-state index < -0.39 is 6.67 Å². The molecule has 0 saturated heterocycles. The predicted octanol–water partition coefficient (Wildman–Crippen LogP) is 2.75. The molecule has 4 heteroatoms. The van der Waals surface area contributed by atoms with Crippen LogP contribution >= 0.6 is 0 Å². The summed E-state index contributed by atoms with van der Waals surface area (Å²) < 4.78 is 12.3. The molecule has 3 rings (SSSR count). The number of hydrogen-bond donors (Lipinski definition) is 1. The van der Waals surface area contributed by atoms with Gasteiger partial charge in [-0.25, -0.2) is 0 Å². The van der Waals surface area contributed by atoms with Crippen molar-refractivity contribution in [3.05, 3.63) is 22.5 Å². The van der Waals surface area contributed by atoms with E-state index in [-0.39, 0.29) is 12.3 Å². The fraction of sp³-hybridized carbons (Fsp3) is 0.600. The van der Waals surface area contributed by atoms with Gasteiger partial charge in [0.1, 0.15) is 0 Å². The first-order chi connectivity index (χ1) is 9.29. The summed E-state index contributed by atoms with van der Waals surface area (Å²) in [7, 11) is 0. The topological polar surface area (TPSA) is 42.0 Å². The standard InChI is InChI=1S/C15H19FN2O/c16-9-8-14(19)18-15-10-4-1-2-6-12(10)17-13-7-3-5-11(13)15/h1-9H2,(H,17,18,19). The van der Waals surface area contributed by atoms with Gasteiger partial charge in [0.05, 0.1) is 18.8 Å². The molecule has 1 aromatic rings. The number of nitrogens with zero attached hydrogens (tertiary/aromatic N) is 1. The Bertz CT molecular complexity index is 513. The van der Waals surface area contributed by atoms with Crippen LogP contribution in [0.15, 0.2) is 0 Å². The molecule has 1 heterocycles. The van der Waals surface area contributed by atoms with Crippen LogP contribution in [0.4, 0.5) is 10.1 Å². The second-order valence-corrected chi connectivity index (χ2v) is 5.39. The van der Waals surface area contributed by atoms with Crippen LogP contribution < -0.4 is 5.32 Å². The molecule has 2 aliphatic rings. The van der Waals surface area contributed by atoms with Gasteiger partial charge in [0, 0.05) is 11.4 Å². The summed E-state index contributed by atoms with van der Waals surface area (Å²) in [5.41, 5.74) is 5.68. The Balaban J connectivity index is 2.00. The molecular formula is C15H19FN2O. The Kier molecular flexibility index (Phi) is 3.49. The number of carbonyl (C=O) groups is 1. The number of carbonyl (C=O) groups excluding carboxylic acids is 1. The van der Waals surface area contributed by atoms with E-state index in [9.17, 15) is 9.18 Å². The Morgan fingerprint density at radius 3 is 2.42 bits per heavy atom. The number of aromatic nitrogens is 1. The summed E-state index contributed by atoms with van der Waals surface area (Å²) in [4.78, 5) is 16.5. The van der Waals surface area contributed by atoms with Crippen molar-refractivity contribution in [3.63, 3.8) is 0 Å². The number of nitrogens with one attached hydrogen (secondary N) is 1. The van der Waals surface area contributed by atoms with Gasteiger partial charge in [-0.3, -0.25) is 14.2 Å². The molecule has 2 aliphatic carbocycles. The highest BCUT2D eigenvalue weighted by atomic mass is 19.1. The molecule has 0 radical (unpaired) electrons. The SMILES string of the molecule is O=C(CCF)Nc1c2c(nc3c1CCC3)CCCC2. The molecule has 0 atom stereocenters. The third-order valence-corrected chi connectivity index (χ3v) is 4.09. The number of hydrogen-bond acceptors (Lipinski definition) is 2. The molecule has 0 fully saturated rings. The van der Waals surface area contributed by atoms with Crippen molar-refractivity contribution in [1.29, 1.82) is 0 Å². The van der Waals surface area contributed by atoms with Crippen molar-refractivity contribution < 1.29 is 9.18 Å². The number of alkyl halides is 1. The van der Waals surface area contributed by atoms with Crippen LogP contribution in [0.1, 0.15) is 48.2 Å². The minimum Gasteiger partial charge on any atom is -0.325 e. The van der Waals surface area contributed by atoms with Crippen molar-refractivity contribution in [3.8, 4) is 0 Å². The average molecular weight is 262 g/mol. The lowest BCUT2D eigenvalue weighted by atomic mass is 9.92. The summed E-state index contributed by atoms with van der Waals surface area (Å²) in [6.45, 7) is -0.596. The number of fused-ring (bicyclic) bond motifs is 2. The van der Waals surface area contributed by atoms with Gasteiger partial charge in [0.25, 0.3) is 0 Å². The molecule has 19 heavy (non-hydrogen) atoms. The molecule has 0 aliphatic heterocycles. The molecule has 1 aromatic heterocycles. The van der Waals surface area contributed by atoms with Crippen molar-refractivity contribution in [2.24, 2.45) is 0 Å². The van der Waals surface area contributed by atoms with Gasteiger partial charge in [-0.05, 0) is 56.1 Å². The summed E-state index contributed by atoms with van der Waals surface area (Å²) in [6.07, 6.45) is 7.38. The summed E-state index contributed by atoms with van der Waals surface area (Å²) in [6, 6.07) is 0. The van der Waals surface area contributed by atoms with Gasteiger partial charge < -0.3 is 5.32 Å². The fourth-order valence-electron chi connectivity index (χ4n) is 3.19. The van der Waals surface area contributed by atoms with Crippen LogP contribution in [0.5, 0.6) is 0 Å². The number of amides is 1. The summed E-state index contributed by atoms with van der Waals surface area (Å²) in [5, 5.41) is 2.95. The summed E-state index contributed by atoms with van der Waals surface area (Å²) >= 11 is 0. The minimum atomic E-state index is -0.596. The van der Waals surface area contributed by atoms with E-state index in [0.717, 1.165) is 55.6 Å². The minimum absolute atomic E-state index is 0.0497. The monoisotopic (exact) mass is 262 g/mol. The zero-order valence-corrected chi connectivity index (χ0v) is 11.1. The van der Waals surface area contributed by atoms with E-state index in [2.05, 4.69) is 5.32 Å². The van der Waals surface area contributed by atoms with Crippen molar-refractivity contribution >= 4 is 11.6 Å². The van der Waals surface area contributed by atoms with E-state index in [1.807, 2.05) is 0 Å². The lowest BCUT2D eigenvalue weighted by Gasteiger charge is -2.22. The van der Waals surface area contributed by atoms with Crippen molar-refractivity contribution in [1.82, 2.24) is 4.98 Å². The Morgan fingerprint density at radius 2 is 1.68 bits per heavy atom. The van der Waals surface area contributed by atoms with Crippen LogP contribution in [-0.4, -0.2) is 17.6 Å². The first kappa shape index (κ1) is 12.6. The molecule has 0 unspecified atom stereocenters. The quantitative estimate of drug-likeness (QED) is 0.910. The average Bonchev–Trinajstić information content (AvgIpc) is 2.87. The van der Waals surface area contributed by atoms with Crippen LogP contribution in [0.25, 0.3) is 0 Å². The Hall–Kier alpha value is -1.45. The summed E-state index contributed by atoms with van der Waals surface area (Å²) in [5.74, 6) is -0.212. The van der Waals surface area contributed by atoms with Gasteiger partial charge in [0.2, 0.25) is 5.91 Å². The largest absolute Gasteiger partial charge is 0.325 e. The number of pyridine rings is 1.